The lowest BCUT2D eigenvalue weighted by Crippen LogP contribution is -2.47. The van der Waals surface area contributed by atoms with E-state index in [1.165, 1.54) is 11.8 Å². The molecular weight excluding hydrogens is 422 g/mol. The third kappa shape index (κ3) is 7.54. The van der Waals surface area contributed by atoms with Crippen molar-refractivity contribution in [1.29, 1.82) is 0 Å². The van der Waals surface area contributed by atoms with Crippen LogP contribution >= 0.6 is 11.6 Å². The van der Waals surface area contributed by atoms with E-state index in [0.717, 1.165) is 5.56 Å². The number of hydrogen-bond donors (Lipinski definition) is 1. The second kappa shape index (κ2) is 11.7. The fourth-order valence-corrected chi connectivity index (χ4v) is 3.70. The van der Waals surface area contributed by atoms with Crippen LogP contribution in [-0.2, 0) is 23.9 Å². The first-order valence-corrected chi connectivity index (χ1v) is 10.8. The molecule has 31 heavy (non-hydrogen) atoms. The van der Waals surface area contributed by atoms with Gasteiger partial charge in [-0.2, -0.15) is 0 Å². The number of carbonyl (C=O) groups is 4. The summed E-state index contributed by atoms with van der Waals surface area (Å²) in [6, 6.07) is 6.37. The number of hydrogen-bond acceptors (Lipinski definition) is 5. The standard InChI is InChI=1S/C22H30ClN3O5/c1-4-31-22(30)17-6-5-11-26(13-17)21(29)14-25(3)20(28)12-19(24-15(2)27)16-7-9-18(23)10-8-16/h7-10,17,19H,4-6,11-14H2,1-3H3,(H,24,27). The topological polar surface area (TPSA) is 96.0 Å². The zero-order chi connectivity index (χ0) is 23.0. The molecule has 2 unspecified atom stereocenters. The Labute approximate surface area is 187 Å². The van der Waals surface area contributed by atoms with Crippen LogP contribution in [0.2, 0.25) is 5.02 Å². The smallest absolute Gasteiger partial charge is 0.310 e. The van der Waals surface area contributed by atoms with Crippen LogP contribution in [0, 0.1) is 5.92 Å². The average molecular weight is 452 g/mol. The van der Waals surface area contributed by atoms with Gasteiger partial charge in [0, 0.05) is 32.1 Å². The number of piperidine rings is 1. The lowest BCUT2D eigenvalue weighted by molar-refractivity contribution is -0.152. The molecule has 1 aromatic rings. The molecule has 9 heteroatoms. The highest BCUT2D eigenvalue weighted by Gasteiger charge is 2.30. The van der Waals surface area contributed by atoms with Crippen LogP contribution in [0.1, 0.15) is 44.7 Å². The molecule has 3 amide bonds. The number of esters is 1. The van der Waals surface area contributed by atoms with Crippen molar-refractivity contribution in [2.45, 2.75) is 39.2 Å². The van der Waals surface area contributed by atoms with E-state index < -0.39 is 6.04 Å². The van der Waals surface area contributed by atoms with Crippen LogP contribution in [0.15, 0.2) is 24.3 Å². The molecule has 1 saturated heterocycles. The first-order valence-electron chi connectivity index (χ1n) is 10.4. The number of likely N-dealkylation sites (tertiary alicyclic amines) is 1. The van der Waals surface area contributed by atoms with E-state index >= 15 is 0 Å². The van der Waals surface area contributed by atoms with Crippen molar-refractivity contribution in [3.05, 3.63) is 34.9 Å². The van der Waals surface area contributed by atoms with Gasteiger partial charge in [0.2, 0.25) is 17.7 Å². The Bertz CT molecular complexity index is 799. The lowest BCUT2D eigenvalue weighted by Gasteiger charge is -2.33. The molecule has 1 aliphatic rings. The van der Waals surface area contributed by atoms with Crippen LogP contribution in [0.25, 0.3) is 0 Å². The Kier molecular flexibility index (Phi) is 9.30. The number of ether oxygens (including phenoxy) is 1. The Morgan fingerprint density at radius 3 is 2.55 bits per heavy atom. The highest BCUT2D eigenvalue weighted by Crippen LogP contribution is 2.21. The monoisotopic (exact) mass is 451 g/mol. The molecule has 1 fully saturated rings. The van der Waals surface area contributed by atoms with E-state index in [9.17, 15) is 19.2 Å². The quantitative estimate of drug-likeness (QED) is 0.611. The molecule has 0 aromatic heterocycles. The fraction of sp³-hybridized carbons (Fsp3) is 0.545. The molecule has 1 aromatic carbocycles. The van der Waals surface area contributed by atoms with Gasteiger partial charge in [0.1, 0.15) is 0 Å². The van der Waals surface area contributed by atoms with Gasteiger partial charge < -0.3 is 19.9 Å². The van der Waals surface area contributed by atoms with Gasteiger partial charge in [-0.1, -0.05) is 23.7 Å². The zero-order valence-electron chi connectivity index (χ0n) is 18.2. The molecule has 1 N–H and O–H groups in total. The first-order chi connectivity index (χ1) is 14.7. The molecule has 1 aliphatic heterocycles. The van der Waals surface area contributed by atoms with Crippen LogP contribution in [-0.4, -0.2) is 66.8 Å². The van der Waals surface area contributed by atoms with E-state index in [1.807, 2.05) is 0 Å². The van der Waals surface area contributed by atoms with E-state index in [1.54, 1.807) is 43.1 Å². The number of amides is 3. The van der Waals surface area contributed by atoms with E-state index in [2.05, 4.69) is 5.32 Å². The van der Waals surface area contributed by atoms with Crippen LogP contribution < -0.4 is 5.32 Å². The molecular formula is C22H30ClN3O5. The fourth-order valence-electron chi connectivity index (χ4n) is 3.57. The number of rotatable bonds is 8. The zero-order valence-corrected chi connectivity index (χ0v) is 19.0. The van der Waals surface area contributed by atoms with Gasteiger partial charge in [-0.25, -0.2) is 0 Å². The predicted octanol–water partition coefficient (Wildman–Crippen LogP) is 2.17. The maximum absolute atomic E-state index is 12.8. The normalized spacial score (nSPS) is 16.9. The first kappa shape index (κ1) is 24.7. The van der Waals surface area contributed by atoms with E-state index in [4.69, 9.17) is 16.3 Å². The van der Waals surface area contributed by atoms with Crippen molar-refractivity contribution in [2.24, 2.45) is 5.92 Å². The third-order valence-corrected chi connectivity index (χ3v) is 5.47. The minimum atomic E-state index is -0.525. The maximum atomic E-state index is 12.8. The van der Waals surface area contributed by atoms with Gasteiger partial charge in [-0.05, 0) is 37.5 Å². The Morgan fingerprint density at radius 2 is 1.94 bits per heavy atom. The number of benzene rings is 1. The van der Waals surface area contributed by atoms with Crippen molar-refractivity contribution in [2.75, 3.05) is 33.3 Å². The summed E-state index contributed by atoms with van der Waals surface area (Å²) in [6.07, 6.45) is 1.42. The molecule has 170 valence electrons. The second-order valence-corrected chi connectivity index (χ2v) is 8.13. The summed E-state index contributed by atoms with van der Waals surface area (Å²) in [5, 5.41) is 3.33. The lowest BCUT2D eigenvalue weighted by atomic mass is 9.98. The average Bonchev–Trinajstić information content (AvgIpc) is 2.73. The van der Waals surface area contributed by atoms with Crippen molar-refractivity contribution >= 4 is 35.3 Å². The number of likely N-dealkylation sites (N-methyl/N-ethyl adjacent to an activating group) is 1. The van der Waals surface area contributed by atoms with Gasteiger partial charge in [-0.15, -0.1) is 0 Å². The summed E-state index contributed by atoms with van der Waals surface area (Å²) < 4.78 is 5.07. The molecule has 2 rings (SSSR count). The van der Waals surface area contributed by atoms with Gasteiger partial charge in [0.05, 0.1) is 31.5 Å². The van der Waals surface area contributed by atoms with Crippen molar-refractivity contribution in [3.63, 3.8) is 0 Å². The molecule has 0 aliphatic carbocycles. The van der Waals surface area contributed by atoms with Gasteiger partial charge in [0.15, 0.2) is 0 Å². The maximum Gasteiger partial charge on any atom is 0.310 e. The summed E-state index contributed by atoms with van der Waals surface area (Å²) in [5.74, 6) is -1.36. The molecule has 2 atom stereocenters. The Hall–Kier alpha value is -2.61. The molecule has 8 nitrogen and oxygen atoms in total. The molecule has 0 bridgehead atoms. The Morgan fingerprint density at radius 1 is 1.26 bits per heavy atom. The number of nitrogens with zero attached hydrogens (tertiary/aromatic N) is 2. The highest BCUT2D eigenvalue weighted by atomic mass is 35.5. The van der Waals surface area contributed by atoms with Gasteiger partial charge in [0.25, 0.3) is 0 Å². The van der Waals surface area contributed by atoms with Crippen LogP contribution in [0.5, 0.6) is 0 Å². The SMILES string of the molecule is CCOC(=O)C1CCCN(C(=O)CN(C)C(=O)CC(NC(C)=O)c2ccc(Cl)cc2)C1. The summed E-state index contributed by atoms with van der Waals surface area (Å²) in [5.41, 5.74) is 0.751. The number of nitrogens with one attached hydrogen (secondary N) is 1. The minimum absolute atomic E-state index is 0.0104. The Balaban J connectivity index is 1.96. The summed E-state index contributed by atoms with van der Waals surface area (Å²) in [6.45, 7) is 4.21. The van der Waals surface area contributed by atoms with E-state index in [-0.39, 0.29) is 42.6 Å². The third-order valence-electron chi connectivity index (χ3n) is 5.22. The molecule has 0 saturated carbocycles. The largest absolute Gasteiger partial charge is 0.466 e. The summed E-state index contributed by atoms with van der Waals surface area (Å²) in [7, 11) is 1.56. The van der Waals surface area contributed by atoms with Crippen LogP contribution in [0.3, 0.4) is 0 Å². The summed E-state index contributed by atoms with van der Waals surface area (Å²) >= 11 is 5.92. The van der Waals surface area contributed by atoms with Gasteiger partial charge in [-0.3, -0.25) is 19.2 Å². The number of carbonyl (C=O) groups excluding carboxylic acids is 4. The minimum Gasteiger partial charge on any atom is -0.466 e. The van der Waals surface area contributed by atoms with Crippen molar-refractivity contribution < 1.29 is 23.9 Å². The summed E-state index contributed by atoms with van der Waals surface area (Å²) in [4.78, 5) is 52.0. The number of halogens is 1. The highest BCUT2D eigenvalue weighted by molar-refractivity contribution is 6.30. The van der Waals surface area contributed by atoms with Gasteiger partial charge >= 0.3 is 5.97 Å². The van der Waals surface area contributed by atoms with Crippen molar-refractivity contribution in [3.8, 4) is 0 Å². The van der Waals surface area contributed by atoms with Crippen molar-refractivity contribution in [1.82, 2.24) is 15.1 Å². The molecule has 0 radical (unpaired) electrons. The second-order valence-electron chi connectivity index (χ2n) is 7.69. The van der Waals surface area contributed by atoms with E-state index in [0.29, 0.717) is 37.6 Å². The predicted molar refractivity (Wildman–Crippen MR) is 116 cm³/mol. The molecule has 1 heterocycles. The van der Waals surface area contributed by atoms with Crippen LogP contribution in [0.4, 0.5) is 0 Å². The molecule has 0 spiro atoms.